The first kappa shape index (κ1) is 14.5. The number of halogens is 1. The highest BCUT2D eigenvalue weighted by Gasteiger charge is 2.14. The van der Waals surface area contributed by atoms with E-state index in [-0.39, 0.29) is 12.4 Å². The summed E-state index contributed by atoms with van der Waals surface area (Å²) in [5, 5.41) is 0. The first-order chi connectivity index (χ1) is 9.65. The highest BCUT2D eigenvalue weighted by molar-refractivity contribution is 9.10. The first-order valence-electron chi connectivity index (χ1n) is 5.99. The fraction of sp³-hybridized carbons (Fsp3) is 0.214. The molecule has 1 aromatic heterocycles. The molecular weight excluding hydrogens is 324 g/mol. The molecule has 0 aliphatic carbocycles. The Morgan fingerprint density at radius 1 is 1.35 bits per heavy atom. The molecule has 1 aromatic carbocycles. The minimum Gasteiger partial charge on any atom is -0.496 e. The van der Waals surface area contributed by atoms with Crippen LogP contribution in [0.25, 0.3) is 11.3 Å². The largest absolute Gasteiger partial charge is 0.496 e. The Morgan fingerprint density at radius 2 is 2.15 bits per heavy atom. The molecule has 0 spiro atoms. The van der Waals surface area contributed by atoms with Crippen molar-refractivity contribution in [2.75, 3.05) is 13.7 Å². The second-order valence-corrected chi connectivity index (χ2v) is 4.75. The van der Waals surface area contributed by atoms with Crippen LogP contribution >= 0.6 is 15.9 Å². The van der Waals surface area contributed by atoms with Gasteiger partial charge in [-0.15, -0.1) is 0 Å². The van der Waals surface area contributed by atoms with E-state index in [0.717, 1.165) is 10.0 Å². The number of hydrogen-bond acceptors (Lipinski definition) is 5. The third-order valence-corrected chi connectivity index (χ3v) is 3.04. The average molecular weight is 337 g/mol. The summed E-state index contributed by atoms with van der Waals surface area (Å²) in [6, 6.07) is 7.28. The van der Waals surface area contributed by atoms with E-state index in [2.05, 4.69) is 25.9 Å². The lowest BCUT2D eigenvalue weighted by Gasteiger charge is -2.09. The molecular formula is C14H13BrN2O3. The fourth-order valence-electron chi connectivity index (χ4n) is 1.68. The molecule has 0 saturated carbocycles. The van der Waals surface area contributed by atoms with Crippen LogP contribution in [0.1, 0.15) is 17.5 Å². The number of rotatable bonds is 4. The number of benzene rings is 1. The number of esters is 1. The molecule has 0 fully saturated rings. The Morgan fingerprint density at radius 3 is 2.85 bits per heavy atom. The molecule has 104 valence electrons. The quantitative estimate of drug-likeness (QED) is 0.803. The van der Waals surface area contributed by atoms with Gasteiger partial charge in [-0.05, 0) is 31.2 Å². The lowest BCUT2D eigenvalue weighted by molar-refractivity contribution is 0.0512. The van der Waals surface area contributed by atoms with Gasteiger partial charge in [-0.1, -0.05) is 15.9 Å². The maximum absolute atomic E-state index is 11.7. The van der Waals surface area contributed by atoms with Crippen LogP contribution in [0.15, 0.2) is 34.9 Å². The van der Waals surface area contributed by atoms with Crippen molar-refractivity contribution < 1.29 is 14.3 Å². The molecule has 0 aliphatic rings. The van der Waals surface area contributed by atoms with Crippen LogP contribution in [0, 0.1) is 0 Å². The highest BCUT2D eigenvalue weighted by Crippen LogP contribution is 2.31. The lowest BCUT2D eigenvalue weighted by atomic mass is 10.1. The zero-order valence-electron chi connectivity index (χ0n) is 11.1. The van der Waals surface area contributed by atoms with E-state index in [9.17, 15) is 4.79 Å². The average Bonchev–Trinajstić information content (AvgIpc) is 2.47. The lowest BCUT2D eigenvalue weighted by Crippen LogP contribution is -2.09. The van der Waals surface area contributed by atoms with Crippen molar-refractivity contribution in [1.82, 2.24) is 9.97 Å². The van der Waals surface area contributed by atoms with Gasteiger partial charge >= 0.3 is 5.97 Å². The Labute approximate surface area is 125 Å². The smallest absolute Gasteiger partial charge is 0.376 e. The van der Waals surface area contributed by atoms with Crippen LogP contribution in [0.2, 0.25) is 0 Å². The SMILES string of the molecule is CCOC(=O)c1nccc(-c2cc(Br)ccc2OC)n1. The van der Waals surface area contributed by atoms with Gasteiger partial charge in [0.15, 0.2) is 0 Å². The Balaban J connectivity index is 2.45. The number of methoxy groups -OCH3 is 1. The van der Waals surface area contributed by atoms with Crippen LogP contribution in [0.5, 0.6) is 5.75 Å². The molecule has 0 unspecified atom stereocenters. The van der Waals surface area contributed by atoms with Crippen molar-refractivity contribution in [3.05, 3.63) is 40.8 Å². The van der Waals surface area contributed by atoms with Gasteiger partial charge in [-0.25, -0.2) is 14.8 Å². The molecule has 5 nitrogen and oxygen atoms in total. The second kappa shape index (κ2) is 6.47. The van der Waals surface area contributed by atoms with Crippen molar-refractivity contribution in [2.45, 2.75) is 6.92 Å². The maximum Gasteiger partial charge on any atom is 0.376 e. The summed E-state index contributed by atoms with van der Waals surface area (Å²) in [4.78, 5) is 19.8. The van der Waals surface area contributed by atoms with Gasteiger partial charge in [0.2, 0.25) is 5.82 Å². The van der Waals surface area contributed by atoms with Crippen molar-refractivity contribution in [1.29, 1.82) is 0 Å². The van der Waals surface area contributed by atoms with Gasteiger partial charge in [0.05, 0.1) is 19.4 Å². The van der Waals surface area contributed by atoms with E-state index >= 15 is 0 Å². The fourth-order valence-corrected chi connectivity index (χ4v) is 2.04. The van der Waals surface area contributed by atoms with Crippen molar-refractivity contribution in [3.8, 4) is 17.0 Å². The molecule has 1 heterocycles. The highest BCUT2D eigenvalue weighted by atomic mass is 79.9. The molecule has 2 aromatic rings. The van der Waals surface area contributed by atoms with E-state index in [1.807, 2.05) is 18.2 Å². The van der Waals surface area contributed by atoms with E-state index in [1.54, 1.807) is 20.1 Å². The monoisotopic (exact) mass is 336 g/mol. The van der Waals surface area contributed by atoms with E-state index < -0.39 is 5.97 Å². The van der Waals surface area contributed by atoms with E-state index in [4.69, 9.17) is 9.47 Å². The van der Waals surface area contributed by atoms with Gasteiger partial charge in [0, 0.05) is 16.2 Å². The van der Waals surface area contributed by atoms with Crippen LogP contribution < -0.4 is 4.74 Å². The van der Waals surface area contributed by atoms with Crippen molar-refractivity contribution in [3.63, 3.8) is 0 Å². The minimum atomic E-state index is -0.539. The number of carbonyl (C=O) groups is 1. The third-order valence-electron chi connectivity index (χ3n) is 2.55. The van der Waals surface area contributed by atoms with Gasteiger partial charge in [0.1, 0.15) is 5.75 Å². The molecule has 0 N–H and O–H groups in total. The van der Waals surface area contributed by atoms with Crippen molar-refractivity contribution >= 4 is 21.9 Å². The molecule has 0 bridgehead atoms. The normalized spacial score (nSPS) is 10.2. The summed E-state index contributed by atoms with van der Waals surface area (Å²) in [7, 11) is 1.58. The summed E-state index contributed by atoms with van der Waals surface area (Å²) in [5.41, 5.74) is 1.37. The summed E-state index contributed by atoms with van der Waals surface area (Å²) in [6.45, 7) is 2.02. The molecule has 20 heavy (non-hydrogen) atoms. The Hall–Kier alpha value is -1.95. The van der Waals surface area contributed by atoms with Crippen LogP contribution in [0.4, 0.5) is 0 Å². The summed E-state index contributed by atoms with van der Waals surface area (Å²) in [5.74, 6) is 0.163. The Kier molecular flexibility index (Phi) is 4.68. The third kappa shape index (κ3) is 3.14. The predicted molar refractivity (Wildman–Crippen MR) is 77.7 cm³/mol. The topological polar surface area (TPSA) is 61.3 Å². The number of hydrogen-bond donors (Lipinski definition) is 0. The zero-order valence-corrected chi connectivity index (χ0v) is 12.7. The number of ether oxygens (including phenoxy) is 2. The summed E-state index contributed by atoms with van der Waals surface area (Å²) in [6.07, 6.45) is 1.52. The van der Waals surface area contributed by atoms with Crippen LogP contribution in [-0.4, -0.2) is 29.7 Å². The molecule has 6 heteroatoms. The standard InChI is InChI=1S/C14H13BrN2O3/c1-3-20-14(18)13-16-7-6-11(17-13)10-8-9(15)4-5-12(10)19-2/h4-8H,3H2,1-2H3. The van der Waals surface area contributed by atoms with Gasteiger partial charge in [0.25, 0.3) is 0 Å². The molecule has 2 rings (SSSR count). The zero-order chi connectivity index (χ0) is 14.5. The molecule has 0 aliphatic heterocycles. The molecule has 0 atom stereocenters. The minimum absolute atomic E-state index is 0.0337. The van der Waals surface area contributed by atoms with E-state index in [0.29, 0.717) is 11.4 Å². The summed E-state index contributed by atoms with van der Waals surface area (Å²) >= 11 is 3.40. The number of aromatic nitrogens is 2. The molecule has 0 amide bonds. The first-order valence-corrected chi connectivity index (χ1v) is 6.79. The van der Waals surface area contributed by atoms with E-state index in [1.165, 1.54) is 6.20 Å². The van der Waals surface area contributed by atoms with Gasteiger partial charge in [-0.2, -0.15) is 0 Å². The molecule has 0 radical (unpaired) electrons. The van der Waals surface area contributed by atoms with Gasteiger partial charge in [-0.3, -0.25) is 0 Å². The maximum atomic E-state index is 11.7. The van der Waals surface area contributed by atoms with Crippen LogP contribution in [0.3, 0.4) is 0 Å². The Bertz CT molecular complexity index is 632. The van der Waals surface area contributed by atoms with Crippen molar-refractivity contribution in [2.24, 2.45) is 0 Å². The second-order valence-electron chi connectivity index (χ2n) is 3.83. The number of nitrogens with zero attached hydrogens (tertiary/aromatic N) is 2. The predicted octanol–water partition coefficient (Wildman–Crippen LogP) is 3.09. The molecule has 0 saturated heterocycles. The van der Waals surface area contributed by atoms with Crippen LogP contribution in [-0.2, 0) is 4.74 Å². The van der Waals surface area contributed by atoms with Gasteiger partial charge < -0.3 is 9.47 Å². The number of carbonyl (C=O) groups excluding carboxylic acids is 1. The summed E-state index contributed by atoms with van der Waals surface area (Å²) < 4.78 is 11.1.